The second-order valence-electron chi connectivity index (χ2n) is 7.71. The van der Waals surface area contributed by atoms with Crippen LogP contribution in [0.1, 0.15) is 39.0 Å². The number of hydrogen-bond acceptors (Lipinski definition) is 4. The van der Waals surface area contributed by atoms with Gasteiger partial charge in [-0.1, -0.05) is 61.4 Å². The minimum absolute atomic E-state index is 0.0766. The molecule has 1 fully saturated rings. The van der Waals surface area contributed by atoms with Gasteiger partial charge in [0.2, 0.25) is 5.91 Å². The first-order valence-electron chi connectivity index (χ1n) is 10.5. The van der Waals surface area contributed by atoms with Crippen molar-refractivity contribution in [2.45, 2.75) is 55.5 Å². The number of carbonyl (C=O) groups is 1. The van der Waals surface area contributed by atoms with Crippen molar-refractivity contribution in [1.29, 1.82) is 0 Å². The molecule has 0 aliphatic heterocycles. The van der Waals surface area contributed by atoms with Crippen LogP contribution in [0, 0.1) is 11.6 Å². The Kier molecular flexibility index (Phi) is 6.65. The molecule has 1 unspecified atom stereocenters. The van der Waals surface area contributed by atoms with Crippen molar-refractivity contribution < 1.29 is 13.6 Å². The molecule has 0 spiro atoms. The number of rotatable bonds is 6. The van der Waals surface area contributed by atoms with Gasteiger partial charge in [0.05, 0.1) is 10.9 Å². The number of carbonyl (C=O) groups excluding carboxylic acids is 1. The maximum absolute atomic E-state index is 14.7. The van der Waals surface area contributed by atoms with Crippen molar-refractivity contribution in [3.8, 4) is 17.1 Å². The SMILES string of the molecule is CC(Sc1nnc(-c2ccccc2)n1-c1ccc(F)cc1F)C(=O)NC1CCCCC1. The topological polar surface area (TPSA) is 59.8 Å². The largest absolute Gasteiger partial charge is 0.352 e. The van der Waals surface area contributed by atoms with E-state index in [1.807, 2.05) is 30.3 Å². The summed E-state index contributed by atoms with van der Waals surface area (Å²) in [6.45, 7) is 1.80. The summed E-state index contributed by atoms with van der Waals surface area (Å²) in [7, 11) is 0. The quantitative estimate of drug-likeness (QED) is 0.537. The Bertz CT molecular complexity index is 1050. The Balaban J connectivity index is 1.64. The fourth-order valence-electron chi connectivity index (χ4n) is 3.78. The average molecular weight is 443 g/mol. The number of aromatic nitrogens is 3. The summed E-state index contributed by atoms with van der Waals surface area (Å²) in [5.74, 6) is -1.04. The van der Waals surface area contributed by atoms with E-state index in [0.29, 0.717) is 11.0 Å². The average Bonchev–Trinajstić information content (AvgIpc) is 3.18. The van der Waals surface area contributed by atoms with Gasteiger partial charge >= 0.3 is 0 Å². The lowest BCUT2D eigenvalue weighted by atomic mass is 9.95. The standard InChI is InChI=1S/C23H24F2N4OS/c1-15(22(30)26-18-10-6-3-7-11-18)31-23-28-27-21(16-8-4-2-5-9-16)29(23)20-13-12-17(24)14-19(20)25/h2,4-5,8-9,12-15,18H,3,6-7,10-11H2,1H3,(H,26,30). The van der Waals surface area contributed by atoms with Crippen molar-refractivity contribution in [3.05, 3.63) is 60.2 Å². The molecule has 1 aliphatic carbocycles. The predicted molar refractivity (Wildman–Crippen MR) is 117 cm³/mol. The third kappa shape index (κ3) is 4.95. The van der Waals surface area contributed by atoms with Crippen LogP contribution in [-0.2, 0) is 4.79 Å². The lowest BCUT2D eigenvalue weighted by molar-refractivity contribution is -0.121. The Morgan fingerprint density at radius 2 is 1.84 bits per heavy atom. The summed E-state index contributed by atoms with van der Waals surface area (Å²) < 4.78 is 29.7. The molecular weight excluding hydrogens is 418 g/mol. The summed E-state index contributed by atoms with van der Waals surface area (Å²) in [6.07, 6.45) is 5.47. The molecule has 4 rings (SSSR count). The molecule has 162 valence electrons. The Morgan fingerprint density at radius 1 is 1.10 bits per heavy atom. The molecule has 2 aromatic carbocycles. The Labute approximate surface area is 184 Å². The van der Waals surface area contributed by atoms with E-state index >= 15 is 0 Å². The first kappa shape index (κ1) is 21.5. The van der Waals surface area contributed by atoms with Gasteiger partial charge in [0.1, 0.15) is 11.6 Å². The maximum atomic E-state index is 14.7. The molecule has 1 aromatic heterocycles. The molecule has 1 heterocycles. The number of benzene rings is 2. The van der Waals surface area contributed by atoms with Crippen LogP contribution >= 0.6 is 11.8 Å². The minimum Gasteiger partial charge on any atom is -0.352 e. The monoisotopic (exact) mass is 442 g/mol. The highest BCUT2D eigenvalue weighted by Gasteiger charge is 2.25. The van der Waals surface area contributed by atoms with Crippen LogP contribution in [0.15, 0.2) is 53.7 Å². The van der Waals surface area contributed by atoms with Crippen LogP contribution in [-0.4, -0.2) is 32.0 Å². The zero-order valence-corrected chi connectivity index (χ0v) is 18.0. The van der Waals surface area contributed by atoms with Crippen LogP contribution in [0.4, 0.5) is 8.78 Å². The van der Waals surface area contributed by atoms with E-state index in [1.165, 1.54) is 30.3 Å². The van der Waals surface area contributed by atoms with E-state index in [4.69, 9.17) is 0 Å². The highest BCUT2D eigenvalue weighted by atomic mass is 32.2. The van der Waals surface area contributed by atoms with Crippen molar-refractivity contribution in [1.82, 2.24) is 20.1 Å². The van der Waals surface area contributed by atoms with Gasteiger partial charge in [0, 0.05) is 17.7 Å². The van der Waals surface area contributed by atoms with E-state index in [-0.39, 0.29) is 17.6 Å². The van der Waals surface area contributed by atoms with Crippen molar-refractivity contribution in [2.24, 2.45) is 0 Å². The molecule has 3 aromatic rings. The number of nitrogens with zero attached hydrogens (tertiary/aromatic N) is 3. The zero-order chi connectivity index (χ0) is 21.8. The number of nitrogens with one attached hydrogen (secondary N) is 1. The molecule has 0 bridgehead atoms. The summed E-state index contributed by atoms with van der Waals surface area (Å²) >= 11 is 1.21. The van der Waals surface area contributed by atoms with E-state index in [9.17, 15) is 13.6 Å². The number of amides is 1. The van der Waals surface area contributed by atoms with Crippen LogP contribution in [0.5, 0.6) is 0 Å². The van der Waals surface area contributed by atoms with Crippen molar-refractivity contribution >= 4 is 17.7 Å². The summed E-state index contributed by atoms with van der Waals surface area (Å²) in [5.41, 5.74) is 0.873. The number of hydrogen-bond donors (Lipinski definition) is 1. The van der Waals surface area contributed by atoms with Crippen LogP contribution < -0.4 is 5.32 Å². The van der Waals surface area contributed by atoms with Crippen molar-refractivity contribution in [3.63, 3.8) is 0 Å². The fraction of sp³-hybridized carbons (Fsp3) is 0.348. The molecule has 1 atom stereocenters. The first-order chi connectivity index (χ1) is 15.0. The van der Waals surface area contributed by atoms with Crippen LogP contribution in [0.25, 0.3) is 17.1 Å². The molecule has 5 nitrogen and oxygen atoms in total. The molecule has 1 saturated carbocycles. The van der Waals surface area contributed by atoms with Gasteiger partial charge in [-0.3, -0.25) is 9.36 Å². The van der Waals surface area contributed by atoms with Gasteiger partial charge in [-0.2, -0.15) is 0 Å². The van der Waals surface area contributed by atoms with Gasteiger partial charge in [-0.25, -0.2) is 8.78 Å². The lowest BCUT2D eigenvalue weighted by Gasteiger charge is -2.24. The molecule has 1 N–H and O–H groups in total. The van der Waals surface area contributed by atoms with E-state index in [0.717, 1.165) is 37.3 Å². The van der Waals surface area contributed by atoms with Crippen LogP contribution in [0.3, 0.4) is 0 Å². The highest BCUT2D eigenvalue weighted by molar-refractivity contribution is 8.00. The lowest BCUT2D eigenvalue weighted by Crippen LogP contribution is -2.40. The normalized spacial score (nSPS) is 15.6. The van der Waals surface area contributed by atoms with Crippen LogP contribution in [0.2, 0.25) is 0 Å². The first-order valence-corrected chi connectivity index (χ1v) is 11.3. The molecule has 31 heavy (non-hydrogen) atoms. The molecule has 8 heteroatoms. The second kappa shape index (κ2) is 9.60. The van der Waals surface area contributed by atoms with E-state index < -0.39 is 16.9 Å². The highest BCUT2D eigenvalue weighted by Crippen LogP contribution is 2.31. The zero-order valence-electron chi connectivity index (χ0n) is 17.2. The van der Waals surface area contributed by atoms with Gasteiger partial charge < -0.3 is 5.32 Å². The Hall–Kier alpha value is -2.74. The van der Waals surface area contributed by atoms with E-state index in [1.54, 1.807) is 11.5 Å². The summed E-state index contributed by atoms with van der Waals surface area (Å²) in [5, 5.41) is 11.5. The molecule has 0 radical (unpaired) electrons. The third-order valence-corrected chi connectivity index (χ3v) is 6.46. The second-order valence-corrected chi connectivity index (χ2v) is 9.01. The minimum atomic E-state index is -0.724. The smallest absolute Gasteiger partial charge is 0.233 e. The molecule has 0 saturated heterocycles. The summed E-state index contributed by atoms with van der Waals surface area (Å²) in [6, 6.07) is 12.8. The third-order valence-electron chi connectivity index (χ3n) is 5.42. The number of halogens is 2. The molecule has 1 amide bonds. The van der Waals surface area contributed by atoms with Gasteiger partial charge in [0.15, 0.2) is 11.0 Å². The maximum Gasteiger partial charge on any atom is 0.233 e. The van der Waals surface area contributed by atoms with Gasteiger partial charge in [-0.05, 0) is 31.9 Å². The number of thioether (sulfide) groups is 1. The fourth-order valence-corrected chi connectivity index (χ4v) is 4.65. The van der Waals surface area contributed by atoms with Gasteiger partial charge in [0.25, 0.3) is 0 Å². The Morgan fingerprint density at radius 3 is 2.55 bits per heavy atom. The van der Waals surface area contributed by atoms with E-state index in [2.05, 4.69) is 15.5 Å². The molecular formula is C23H24F2N4OS. The van der Waals surface area contributed by atoms with Gasteiger partial charge in [-0.15, -0.1) is 10.2 Å². The van der Waals surface area contributed by atoms with Crippen molar-refractivity contribution in [2.75, 3.05) is 0 Å². The summed E-state index contributed by atoms with van der Waals surface area (Å²) in [4.78, 5) is 12.7. The molecule has 1 aliphatic rings. The predicted octanol–water partition coefficient (Wildman–Crippen LogP) is 5.14.